The van der Waals surface area contributed by atoms with E-state index in [1.54, 1.807) is 65.8 Å². The molecule has 0 aliphatic rings. The van der Waals surface area contributed by atoms with Crippen molar-refractivity contribution in [3.63, 3.8) is 0 Å². The second kappa shape index (κ2) is 25.3. The lowest BCUT2D eigenvalue weighted by molar-refractivity contribution is -0.141. The molecular formula is C58H55N7O11. The fourth-order valence-electron chi connectivity index (χ4n) is 7.49. The average molecular weight is 1030 g/mol. The van der Waals surface area contributed by atoms with E-state index in [2.05, 4.69) is 35.2 Å². The highest BCUT2D eigenvalue weighted by Gasteiger charge is 2.19. The zero-order chi connectivity index (χ0) is 55.2. The van der Waals surface area contributed by atoms with E-state index >= 15 is 0 Å². The zero-order valence-electron chi connectivity index (χ0n) is 43.8. The van der Waals surface area contributed by atoms with Gasteiger partial charge in [0.2, 0.25) is 0 Å². The molecule has 76 heavy (non-hydrogen) atoms. The van der Waals surface area contributed by atoms with Crippen LogP contribution in [0.3, 0.4) is 0 Å². The summed E-state index contributed by atoms with van der Waals surface area (Å²) in [7, 11) is 0. The Kier molecular flexibility index (Phi) is 18.5. The second-order valence-corrected chi connectivity index (χ2v) is 17.3. The van der Waals surface area contributed by atoms with Gasteiger partial charge in [-0.15, -0.1) is 0 Å². The van der Waals surface area contributed by atoms with Gasteiger partial charge in [-0.05, 0) is 161 Å². The number of nitrogens with zero attached hydrogens (tertiary/aromatic N) is 7. The summed E-state index contributed by atoms with van der Waals surface area (Å²) in [5, 5.41) is 20.9. The maximum Gasteiger partial charge on any atom is 0.331 e. The Morgan fingerprint density at radius 2 is 0.618 bits per heavy atom. The van der Waals surface area contributed by atoms with Gasteiger partial charge in [0.1, 0.15) is 0 Å². The molecule has 7 rings (SSSR count). The minimum Gasteiger partial charge on any atom is -0.319 e. The minimum atomic E-state index is -0.528. The van der Waals surface area contributed by atoms with Gasteiger partial charge in [0, 0.05) is 79.3 Å². The van der Waals surface area contributed by atoms with Crippen molar-refractivity contribution in [1.82, 2.24) is 4.57 Å². The zero-order valence-corrected chi connectivity index (χ0v) is 43.8. The Balaban J connectivity index is 0.00000108. The summed E-state index contributed by atoms with van der Waals surface area (Å²) in [5.74, 6) is -2.64. The summed E-state index contributed by atoms with van der Waals surface area (Å²) < 4.78 is 2.09. The minimum absolute atomic E-state index is 0.171. The van der Waals surface area contributed by atoms with Crippen molar-refractivity contribution in [3.05, 3.63) is 167 Å². The van der Waals surface area contributed by atoms with E-state index in [1.807, 2.05) is 114 Å². The van der Waals surface area contributed by atoms with Crippen LogP contribution in [0.4, 0.5) is 17.1 Å². The normalized spacial score (nSPS) is 11.7. The number of anilines is 3. The number of aromatic nitrogens is 1. The van der Waals surface area contributed by atoms with Gasteiger partial charge >= 0.3 is 29.8 Å². The van der Waals surface area contributed by atoms with Crippen molar-refractivity contribution in [3.8, 4) is 5.69 Å². The smallest absolute Gasteiger partial charge is 0.319 e. The van der Waals surface area contributed by atoms with Crippen LogP contribution >= 0.6 is 0 Å². The lowest BCUT2D eigenvalue weighted by Crippen LogP contribution is -2.11. The molecule has 0 radical (unpaired) electrons. The topological polar surface area (TPSA) is 219 Å². The Morgan fingerprint density at radius 3 is 0.921 bits per heavy atom. The molecular weight excluding hydrogens is 971 g/mol. The maximum absolute atomic E-state index is 14.1. The number of ketones is 1. The molecule has 0 aliphatic carbocycles. The molecule has 18 heteroatoms. The third kappa shape index (κ3) is 14.5. The highest BCUT2D eigenvalue weighted by Crippen LogP contribution is 2.37. The lowest BCUT2D eigenvalue weighted by Gasteiger charge is -2.26. The molecule has 7 aromatic rings. The second-order valence-electron chi connectivity index (χ2n) is 17.3. The van der Waals surface area contributed by atoms with Gasteiger partial charge in [-0.3, -0.25) is 4.79 Å². The Labute approximate surface area is 438 Å². The van der Waals surface area contributed by atoms with Gasteiger partial charge in [-0.25, -0.2) is 24.0 Å². The molecule has 0 saturated carbocycles. The van der Waals surface area contributed by atoms with E-state index in [4.69, 9.17) is 19.4 Å². The van der Waals surface area contributed by atoms with Crippen LogP contribution in [0.15, 0.2) is 159 Å². The SMILES string of the molecule is CC(=O)ON=C(C)C.CC(=O)ON=C(C)c1ccc(N(c2ccc(C(=O)c3ccc(-n4c5ccc(C(C)=NOC(C)=O)cc5c5cc(C(C)=NOC(C)=O)ccc54)cc3)cc2)c2ccc(/C(C)=N/OC(C)=O)cc2)cc1. The van der Waals surface area contributed by atoms with E-state index in [0.29, 0.717) is 34.0 Å². The first kappa shape index (κ1) is 55.6. The summed E-state index contributed by atoms with van der Waals surface area (Å²) in [6.45, 7) is 17.0. The number of carbonyl (C=O) groups excluding carboxylic acids is 6. The van der Waals surface area contributed by atoms with Gasteiger partial charge in [-0.2, -0.15) is 0 Å². The van der Waals surface area contributed by atoms with Crippen molar-refractivity contribution < 1.29 is 53.0 Å². The fraction of sp³-hybridized carbons (Fsp3) is 0.190. The van der Waals surface area contributed by atoms with Crippen LogP contribution in [0.25, 0.3) is 27.5 Å². The summed E-state index contributed by atoms with van der Waals surface area (Å²) in [6.07, 6.45) is 0. The van der Waals surface area contributed by atoms with Crippen LogP contribution in [0.2, 0.25) is 0 Å². The van der Waals surface area contributed by atoms with Crippen molar-refractivity contribution in [2.24, 2.45) is 25.8 Å². The van der Waals surface area contributed by atoms with E-state index in [1.165, 1.54) is 34.6 Å². The van der Waals surface area contributed by atoms with E-state index < -0.39 is 23.9 Å². The van der Waals surface area contributed by atoms with Crippen molar-refractivity contribution in [2.45, 2.75) is 76.2 Å². The van der Waals surface area contributed by atoms with E-state index in [9.17, 15) is 28.8 Å². The average Bonchev–Trinajstić information content (AvgIpc) is 3.78. The highest BCUT2D eigenvalue weighted by atomic mass is 16.7. The maximum atomic E-state index is 14.1. The molecule has 1 aromatic heterocycles. The summed E-state index contributed by atoms with van der Waals surface area (Å²) in [4.78, 5) is 95.6. The molecule has 0 aliphatic heterocycles. The third-order valence-electron chi connectivity index (χ3n) is 11.1. The Morgan fingerprint density at radius 1 is 0.342 bits per heavy atom. The Bertz CT molecular complexity index is 3330. The number of rotatable bonds is 15. The Hall–Kier alpha value is -9.71. The van der Waals surface area contributed by atoms with Crippen LogP contribution < -0.4 is 4.90 Å². The number of fused-ring (bicyclic) bond motifs is 3. The molecule has 388 valence electrons. The van der Waals surface area contributed by atoms with Crippen LogP contribution in [-0.4, -0.2) is 68.8 Å². The number of hydrogen-bond donors (Lipinski definition) is 0. The van der Waals surface area contributed by atoms with Gasteiger partial charge < -0.3 is 33.7 Å². The van der Waals surface area contributed by atoms with Gasteiger partial charge in [0.05, 0.1) is 39.6 Å². The fourth-order valence-corrected chi connectivity index (χ4v) is 7.49. The van der Waals surface area contributed by atoms with Crippen LogP contribution in [0.1, 0.15) is 114 Å². The summed E-state index contributed by atoms with van der Waals surface area (Å²) in [6, 6.07) is 41.6. The summed E-state index contributed by atoms with van der Waals surface area (Å²) >= 11 is 0. The van der Waals surface area contributed by atoms with Crippen molar-refractivity contribution in [1.29, 1.82) is 0 Å². The van der Waals surface area contributed by atoms with Gasteiger partial charge in [0.15, 0.2) is 5.78 Å². The van der Waals surface area contributed by atoms with Crippen LogP contribution in [-0.2, 0) is 48.2 Å². The molecule has 0 unspecified atom stereocenters. The quantitative estimate of drug-likeness (QED) is 0.0405. The highest BCUT2D eigenvalue weighted by molar-refractivity contribution is 6.15. The number of carbonyl (C=O) groups is 6. The molecule has 0 bridgehead atoms. The molecule has 0 spiro atoms. The number of hydrogen-bond acceptors (Lipinski definition) is 17. The van der Waals surface area contributed by atoms with Crippen molar-refractivity contribution in [2.75, 3.05) is 4.90 Å². The molecule has 1 heterocycles. The molecule has 0 saturated heterocycles. The predicted molar refractivity (Wildman–Crippen MR) is 292 cm³/mol. The van der Waals surface area contributed by atoms with Gasteiger partial charge in [0.25, 0.3) is 0 Å². The monoisotopic (exact) mass is 1030 g/mol. The lowest BCUT2D eigenvalue weighted by atomic mass is 10.0. The largest absolute Gasteiger partial charge is 0.331 e. The molecule has 0 N–H and O–H groups in total. The van der Waals surface area contributed by atoms with E-state index in [-0.39, 0.29) is 11.8 Å². The summed E-state index contributed by atoms with van der Waals surface area (Å²) in [5.41, 5.74) is 11.7. The predicted octanol–water partition coefficient (Wildman–Crippen LogP) is 11.6. The van der Waals surface area contributed by atoms with Gasteiger partial charge in [-0.1, -0.05) is 62.2 Å². The van der Waals surface area contributed by atoms with Crippen LogP contribution in [0, 0.1) is 0 Å². The molecule has 0 fully saturated rings. The molecule has 0 atom stereocenters. The standard InChI is InChI=1S/C53H46N6O9.C5H9NO2/c1-31(54-65-35(5)60)39-9-19-45(20-10-39)58(46-21-11-40(12-22-46)32(2)55-66-36(6)61)47-23-13-41(14-24-47)53(64)42-15-25-48(26-16-42)59-51-27-17-43(33(3)56-67-37(7)62)29-49(51)50-30-44(18-28-52(50)59)34(4)57-68-38(8)63;1-4(2)6-8-5(3)7/h9-30H,1-8H3;1-3H3/b54-31+,55-32?,56-33?,57-34?;. The van der Waals surface area contributed by atoms with Crippen molar-refractivity contribution >= 4 is 103 Å². The molecule has 6 aromatic carbocycles. The molecule has 0 amide bonds. The number of benzene rings is 6. The van der Waals surface area contributed by atoms with Crippen LogP contribution in [0.5, 0.6) is 0 Å². The number of oxime groups is 5. The first-order valence-corrected chi connectivity index (χ1v) is 23.6. The first-order valence-electron chi connectivity index (χ1n) is 23.6. The third-order valence-corrected chi connectivity index (χ3v) is 11.1. The molecule has 18 nitrogen and oxygen atoms in total. The first-order chi connectivity index (χ1) is 36.2. The van der Waals surface area contributed by atoms with E-state index in [0.717, 1.165) is 72.5 Å².